The Morgan fingerprint density at radius 2 is 1.92 bits per heavy atom. The maximum absolute atomic E-state index is 12.0. The molecule has 3 N–H and O–H groups in total. The lowest BCUT2D eigenvalue weighted by Crippen LogP contribution is -2.45. The number of amides is 1. The molecular weight excluding hydrogens is 520 g/mol. The Morgan fingerprint density at radius 1 is 1.21 bits per heavy atom. The normalized spacial score (nSPS) is 18.5. The van der Waals surface area contributed by atoms with Crippen molar-refractivity contribution in [3.63, 3.8) is 0 Å². The van der Waals surface area contributed by atoms with Gasteiger partial charge in [-0.1, -0.05) is 51.4 Å². The summed E-state index contributed by atoms with van der Waals surface area (Å²) in [4.78, 5) is 18.2. The van der Waals surface area contributed by atoms with Crippen LogP contribution in [0, 0.1) is 0 Å². The smallest absolute Gasteiger partial charge is 0.407 e. The number of aliphatic hydroxyl groups is 1. The first-order valence-corrected chi connectivity index (χ1v) is 14.5. The summed E-state index contributed by atoms with van der Waals surface area (Å²) in [5, 5.41) is 22.4. The van der Waals surface area contributed by atoms with Gasteiger partial charge in [0.15, 0.2) is 0 Å². The minimum Gasteiger partial charge on any atom is -0.488 e. The van der Waals surface area contributed by atoms with Crippen molar-refractivity contribution in [1.82, 2.24) is 9.88 Å². The van der Waals surface area contributed by atoms with Gasteiger partial charge in [-0.05, 0) is 62.1 Å². The second-order valence-corrected chi connectivity index (χ2v) is 13.8. The Hall–Kier alpha value is -2.35. The van der Waals surface area contributed by atoms with Gasteiger partial charge in [-0.15, -0.1) is 11.8 Å². The largest absolute Gasteiger partial charge is 0.488 e. The molecule has 2 heterocycles. The molecule has 1 aliphatic heterocycles. The third-order valence-corrected chi connectivity index (χ3v) is 8.67. The molecule has 1 aromatic heterocycles. The van der Waals surface area contributed by atoms with Crippen molar-refractivity contribution in [2.75, 3.05) is 6.54 Å². The molecule has 0 bridgehead atoms. The highest BCUT2D eigenvalue weighted by molar-refractivity contribution is 8.00. The van der Waals surface area contributed by atoms with E-state index in [-0.39, 0.29) is 16.9 Å². The number of aromatic nitrogens is 1. The molecule has 2 unspecified atom stereocenters. The number of rotatable bonds is 9. The molecule has 1 fully saturated rings. The Kier molecular flexibility index (Phi) is 8.60. The molecule has 206 valence electrons. The van der Waals surface area contributed by atoms with E-state index in [1.807, 2.05) is 50.2 Å². The van der Waals surface area contributed by atoms with Crippen LogP contribution in [0.2, 0.25) is 5.02 Å². The molecule has 4 rings (SSSR count). The molecular formula is C30H39ClN2O4S. The lowest BCUT2D eigenvalue weighted by Gasteiger charge is -2.30. The van der Waals surface area contributed by atoms with Crippen LogP contribution in [-0.4, -0.2) is 55.2 Å². The average Bonchev–Trinajstić information content (AvgIpc) is 3.45. The van der Waals surface area contributed by atoms with E-state index in [1.54, 1.807) is 11.8 Å². The van der Waals surface area contributed by atoms with Crippen molar-refractivity contribution in [3.05, 3.63) is 58.7 Å². The van der Waals surface area contributed by atoms with Gasteiger partial charge in [-0.3, -0.25) is 0 Å². The fraction of sp³-hybridized carbons (Fsp3) is 0.500. The first-order chi connectivity index (χ1) is 17.8. The molecule has 0 spiro atoms. The zero-order chi connectivity index (χ0) is 27.7. The van der Waals surface area contributed by atoms with Gasteiger partial charge in [0, 0.05) is 50.6 Å². The molecule has 6 nitrogen and oxygen atoms in total. The second kappa shape index (κ2) is 11.4. The summed E-state index contributed by atoms with van der Waals surface area (Å²) in [7, 11) is 0. The number of nitrogens with zero attached hydrogens (tertiary/aromatic N) is 1. The number of carboxylic acid groups (broad SMARTS) is 1. The Balaban J connectivity index is 1.71. The Labute approximate surface area is 234 Å². The fourth-order valence-electron chi connectivity index (χ4n) is 5.03. The van der Waals surface area contributed by atoms with Crippen molar-refractivity contribution in [3.8, 4) is 5.75 Å². The Bertz CT molecular complexity index is 1270. The van der Waals surface area contributed by atoms with Crippen molar-refractivity contribution in [1.29, 1.82) is 0 Å². The standard InChI is InChI=1S/C30H39ClN2O4S/c1-6-30(5,36)18-24-27(38-29(2,3)4)22-17-21(13-14-23(22)32-24)37-26(16-19-9-11-20(31)12-10-19)25-8-7-15-33(25)28(34)35/h9-14,17,25-26,32,36H,6-8,15-16,18H2,1-5H3,(H,34,35)/t25-,26?,30?/m1/s1. The van der Waals surface area contributed by atoms with Crippen molar-refractivity contribution >= 4 is 40.4 Å². The minimum absolute atomic E-state index is 0.0260. The van der Waals surface area contributed by atoms with Crippen molar-refractivity contribution in [2.24, 2.45) is 0 Å². The number of carbonyl (C=O) groups is 1. The lowest BCUT2D eigenvalue weighted by atomic mass is 9.97. The van der Waals surface area contributed by atoms with E-state index in [0.29, 0.717) is 36.6 Å². The monoisotopic (exact) mass is 558 g/mol. The Morgan fingerprint density at radius 3 is 2.55 bits per heavy atom. The van der Waals surface area contributed by atoms with Crippen molar-refractivity contribution in [2.45, 2.75) is 94.1 Å². The molecule has 2 aromatic carbocycles. The first-order valence-electron chi connectivity index (χ1n) is 13.3. The van der Waals surface area contributed by atoms with Crippen LogP contribution in [0.1, 0.15) is 65.1 Å². The van der Waals surface area contributed by atoms with Gasteiger partial charge in [0.1, 0.15) is 11.9 Å². The fourth-order valence-corrected chi connectivity index (χ4v) is 6.29. The molecule has 1 aliphatic rings. The summed E-state index contributed by atoms with van der Waals surface area (Å²) >= 11 is 7.88. The lowest BCUT2D eigenvalue weighted by molar-refractivity contribution is 0.0550. The van der Waals surface area contributed by atoms with Crippen LogP contribution >= 0.6 is 23.4 Å². The second-order valence-electron chi connectivity index (χ2n) is 11.6. The molecule has 1 amide bonds. The highest BCUT2D eigenvalue weighted by Crippen LogP contribution is 2.42. The molecule has 38 heavy (non-hydrogen) atoms. The first kappa shape index (κ1) is 28.7. The molecule has 1 saturated heterocycles. The zero-order valence-corrected chi connectivity index (χ0v) is 24.5. The average molecular weight is 559 g/mol. The maximum atomic E-state index is 12.0. The molecule has 0 saturated carbocycles. The van der Waals surface area contributed by atoms with Gasteiger partial charge in [0.2, 0.25) is 0 Å². The van der Waals surface area contributed by atoms with Crippen LogP contribution in [-0.2, 0) is 12.8 Å². The van der Waals surface area contributed by atoms with E-state index in [1.165, 1.54) is 4.90 Å². The van der Waals surface area contributed by atoms with Crippen LogP contribution < -0.4 is 4.74 Å². The summed E-state index contributed by atoms with van der Waals surface area (Å²) in [6.45, 7) is 10.9. The predicted molar refractivity (Wildman–Crippen MR) is 156 cm³/mol. The highest BCUT2D eigenvalue weighted by Gasteiger charge is 2.36. The van der Waals surface area contributed by atoms with Crippen molar-refractivity contribution < 1.29 is 19.7 Å². The molecule has 3 atom stereocenters. The molecule has 0 aliphatic carbocycles. The third-order valence-electron chi connectivity index (χ3n) is 7.13. The third kappa shape index (κ3) is 6.99. The number of nitrogens with one attached hydrogen (secondary N) is 1. The summed E-state index contributed by atoms with van der Waals surface area (Å²) in [6, 6.07) is 13.4. The molecule has 8 heteroatoms. The topological polar surface area (TPSA) is 85.8 Å². The van der Waals surface area contributed by atoms with E-state index in [2.05, 4.69) is 31.8 Å². The van der Waals surface area contributed by atoms with E-state index in [0.717, 1.165) is 39.9 Å². The summed E-state index contributed by atoms with van der Waals surface area (Å²) < 4.78 is 6.60. The van der Waals surface area contributed by atoms with E-state index in [9.17, 15) is 15.0 Å². The van der Waals surface area contributed by atoms with Gasteiger partial charge < -0.3 is 24.8 Å². The number of aromatic amines is 1. The quantitative estimate of drug-likeness (QED) is 0.236. The van der Waals surface area contributed by atoms with Gasteiger partial charge >= 0.3 is 6.09 Å². The van der Waals surface area contributed by atoms with Gasteiger partial charge in [-0.2, -0.15) is 0 Å². The van der Waals surface area contributed by atoms with Crippen LogP contribution in [0.15, 0.2) is 47.4 Å². The number of H-pyrrole nitrogens is 1. The van der Waals surface area contributed by atoms with Gasteiger partial charge in [-0.25, -0.2) is 4.79 Å². The van der Waals surface area contributed by atoms with Gasteiger partial charge in [0.05, 0.1) is 11.6 Å². The van der Waals surface area contributed by atoms with E-state index >= 15 is 0 Å². The number of benzene rings is 2. The van der Waals surface area contributed by atoms with E-state index < -0.39 is 11.7 Å². The minimum atomic E-state index is -0.908. The SMILES string of the molecule is CCC(C)(O)Cc1[nH]c2ccc(OC(Cc3ccc(Cl)cc3)[C@H]3CCCN3C(=O)O)cc2c1SC(C)(C)C. The number of hydrogen-bond donors (Lipinski definition) is 3. The number of fused-ring (bicyclic) bond motifs is 1. The molecule has 3 aromatic rings. The maximum Gasteiger partial charge on any atom is 0.407 e. The zero-order valence-electron chi connectivity index (χ0n) is 22.9. The van der Waals surface area contributed by atoms with Crippen LogP contribution in [0.4, 0.5) is 4.79 Å². The number of ether oxygens (including phenoxy) is 1. The van der Waals surface area contributed by atoms with Crippen LogP contribution in [0.3, 0.4) is 0 Å². The highest BCUT2D eigenvalue weighted by atomic mass is 35.5. The number of hydrogen-bond acceptors (Lipinski definition) is 4. The number of halogens is 1. The van der Waals surface area contributed by atoms with E-state index in [4.69, 9.17) is 16.3 Å². The predicted octanol–water partition coefficient (Wildman–Crippen LogP) is 7.55. The summed E-state index contributed by atoms with van der Waals surface area (Å²) in [5.74, 6) is 0.706. The number of likely N-dealkylation sites (tertiary alicyclic amines) is 1. The van der Waals surface area contributed by atoms with Crippen LogP contribution in [0.5, 0.6) is 5.75 Å². The van der Waals surface area contributed by atoms with Gasteiger partial charge in [0.25, 0.3) is 0 Å². The number of thioether (sulfide) groups is 1. The van der Waals surface area contributed by atoms with Crippen LogP contribution in [0.25, 0.3) is 10.9 Å². The molecule has 0 radical (unpaired) electrons. The summed E-state index contributed by atoms with van der Waals surface area (Å²) in [6.07, 6.45) is 2.09. The summed E-state index contributed by atoms with van der Waals surface area (Å²) in [5.41, 5.74) is 2.26.